The minimum absolute atomic E-state index is 0.446. The van der Waals surface area contributed by atoms with Crippen LogP contribution < -0.4 is 0 Å². The minimum atomic E-state index is -0.769. The van der Waals surface area contributed by atoms with Crippen LogP contribution in [0.3, 0.4) is 0 Å². The van der Waals surface area contributed by atoms with Crippen molar-refractivity contribution < 1.29 is 8.78 Å². The monoisotopic (exact) mass is 248 g/mol. The van der Waals surface area contributed by atoms with Gasteiger partial charge in [0.2, 0.25) is 0 Å². The lowest BCUT2D eigenvalue weighted by molar-refractivity contribution is 0.496. The third-order valence-electron chi connectivity index (χ3n) is 1.92. The third kappa shape index (κ3) is 2.50. The van der Waals surface area contributed by atoms with E-state index < -0.39 is 11.6 Å². The molecule has 0 spiro atoms. The van der Waals surface area contributed by atoms with Crippen LogP contribution in [-0.2, 0) is 6.42 Å². The number of rotatable bonds is 3. The second kappa shape index (κ2) is 4.70. The fourth-order valence-corrected chi connectivity index (χ4v) is 1.66. The van der Waals surface area contributed by atoms with Gasteiger partial charge in [-0.25, -0.2) is 8.78 Å². The van der Waals surface area contributed by atoms with E-state index in [4.69, 9.17) is 0 Å². The Balaban J connectivity index is 2.96. The van der Waals surface area contributed by atoms with E-state index in [1.54, 1.807) is 6.07 Å². The highest BCUT2D eigenvalue weighted by molar-refractivity contribution is 9.10. The average Bonchev–Trinajstić information content (AvgIpc) is 2.12. The molecule has 3 heteroatoms. The van der Waals surface area contributed by atoms with Gasteiger partial charge in [0.05, 0.1) is 0 Å². The first-order chi connectivity index (χ1) is 6.16. The average molecular weight is 249 g/mol. The zero-order valence-electron chi connectivity index (χ0n) is 7.41. The van der Waals surface area contributed by atoms with Gasteiger partial charge in [0.15, 0.2) is 11.6 Å². The summed E-state index contributed by atoms with van der Waals surface area (Å²) in [6.07, 6.45) is 2.43. The molecule has 0 aromatic heterocycles. The highest BCUT2D eigenvalue weighted by Crippen LogP contribution is 2.23. The third-order valence-corrected chi connectivity index (χ3v) is 2.66. The highest BCUT2D eigenvalue weighted by atomic mass is 79.9. The Morgan fingerprint density at radius 1 is 1.31 bits per heavy atom. The molecule has 0 N–H and O–H groups in total. The van der Waals surface area contributed by atoms with Crippen molar-refractivity contribution in [2.45, 2.75) is 26.2 Å². The molecule has 72 valence electrons. The van der Waals surface area contributed by atoms with Crippen molar-refractivity contribution in [2.24, 2.45) is 0 Å². The van der Waals surface area contributed by atoms with Crippen molar-refractivity contribution >= 4 is 15.9 Å². The highest BCUT2D eigenvalue weighted by Gasteiger charge is 2.10. The molecule has 0 saturated heterocycles. The number of benzene rings is 1. The maximum atomic E-state index is 13.2. The summed E-state index contributed by atoms with van der Waals surface area (Å²) in [6, 6.07) is 2.68. The molecular formula is C10H11BrF2. The Morgan fingerprint density at radius 2 is 2.00 bits per heavy atom. The van der Waals surface area contributed by atoms with Crippen LogP contribution in [0.1, 0.15) is 25.3 Å². The normalized spacial score (nSPS) is 10.5. The smallest absolute Gasteiger partial charge is 0.163 e. The van der Waals surface area contributed by atoms with Gasteiger partial charge in [-0.05, 0) is 25.0 Å². The first kappa shape index (κ1) is 10.6. The zero-order valence-corrected chi connectivity index (χ0v) is 9.00. The van der Waals surface area contributed by atoms with E-state index in [0.29, 0.717) is 16.5 Å². The van der Waals surface area contributed by atoms with Gasteiger partial charge >= 0.3 is 0 Å². The first-order valence-corrected chi connectivity index (χ1v) is 5.08. The molecular weight excluding hydrogens is 238 g/mol. The van der Waals surface area contributed by atoms with Crippen molar-refractivity contribution in [3.8, 4) is 0 Å². The van der Waals surface area contributed by atoms with Crippen LogP contribution >= 0.6 is 15.9 Å². The lowest BCUT2D eigenvalue weighted by Crippen LogP contribution is -1.95. The summed E-state index contributed by atoms with van der Waals surface area (Å²) in [6.45, 7) is 2.02. The molecule has 0 amide bonds. The number of hydrogen-bond donors (Lipinski definition) is 0. The number of halogens is 3. The largest absolute Gasteiger partial charge is 0.204 e. The molecule has 0 aliphatic heterocycles. The Morgan fingerprint density at radius 3 is 2.62 bits per heavy atom. The molecule has 0 nitrogen and oxygen atoms in total. The van der Waals surface area contributed by atoms with Gasteiger partial charge in [0, 0.05) is 10.0 Å². The Hall–Kier alpha value is -0.440. The van der Waals surface area contributed by atoms with Gasteiger partial charge in [-0.15, -0.1) is 0 Å². The van der Waals surface area contributed by atoms with E-state index in [1.165, 1.54) is 0 Å². The van der Waals surface area contributed by atoms with Gasteiger partial charge in [0.1, 0.15) is 0 Å². The molecule has 0 heterocycles. The minimum Gasteiger partial charge on any atom is -0.204 e. The second-order valence-electron chi connectivity index (χ2n) is 2.93. The van der Waals surface area contributed by atoms with Crippen molar-refractivity contribution in [2.75, 3.05) is 0 Å². The Kier molecular flexibility index (Phi) is 3.85. The van der Waals surface area contributed by atoms with E-state index in [2.05, 4.69) is 15.9 Å². The van der Waals surface area contributed by atoms with E-state index in [-0.39, 0.29) is 0 Å². The zero-order chi connectivity index (χ0) is 9.84. The Bertz CT molecular complexity index is 297. The van der Waals surface area contributed by atoms with Crippen molar-refractivity contribution in [1.29, 1.82) is 0 Å². The second-order valence-corrected chi connectivity index (χ2v) is 3.78. The molecule has 0 fully saturated rings. The van der Waals surface area contributed by atoms with Crippen LogP contribution in [0.2, 0.25) is 0 Å². The van der Waals surface area contributed by atoms with Gasteiger partial charge < -0.3 is 0 Å². The maximum absolute atomic E-state index is 13.2. The van der Waals surface area contributed by atoms with E-state index in [9.17, 15) is 8.78 Å². The van der Waals surface area contributed by atoms with Gasteiger partial charge in [-0.3, -0.25) is 0 Å². The summed E-state index contributed by atoms with van der Waals surface area (Å²) in [7, 11) is 0. The van der Waals surface area contributed by atoms with E-state index in [0.717, 1.165) is 18.9 Å². The molecule has 0 atom stereocenters. The molecule has 0 aliphatic carbocycles. The van der Waals surface area contributed by atoms with Crippen LogP contribution in [0.15, 0.2) is 16.6 Å². The van der Waals surface area contributed by atoms with Crippen molar-refractivity contribution in [3.63, 3.8) is 0 Å². The fraction of sp³-hybridized carbons (Fsp3) is 0.400. The summed E-state index contributed by atoms with van der Waals surface area (Å²) >= 11 is 3.20. The summed E-state index contributed by atoms with van der Waals surface area (Å²) in [5.41, 5.74) is 0.446. The molecule has 0 saturated carbocycles. The molecule has 1 rings (SSSR count). The van der Waals surface area contributed by atoms with Gasteiger partial charge in [-0.2, -0.15) is 0 Å². The first-order valence-electron chi connectivity index (χ1n) is 4.29. The van der Waals surface area contributed by atoms with Crippen LogP contribution in [0.4, 0.5) is 8.78 Å². The van der Waals surface area contributed by atoms with Gasteiger partial charge in [-0.1, -0.05) is 29.3 Å². The maximum Gasteiger partial charge on any atom is 0.163 e. The molecule has 0 bridgehead atoms. The molecule has 1 aromatic carbocycles. The van der Waals surface area contributed by atoms with Gasteiger partial charge in [0.25, 0.3) is 0 Å². The molecule has 0 unspecified atom stereocenters. The molecule has 13 heavy (non-hydrogen) atoms. The predicted octanol–water partition coefficient (Wildman–Crippen LogP) is 4.07. The van der Waals surface area contributed by atoms with E-state index in [1.807, 2.05) is 6.92 Å². The lowest BCUT2D eigenvalue weighted by atomic mass is 10.1. The predicted molar refractivity (Wildman–Crippen MR) is 52.7 cm³/mol. The summed E-state index contributed by atoms with van der Waals surface area (Å²) < 4.78 is 26.6. The number of unbranched alkanes of at least 4 members (excludes halogenated alkanes) is 1. The van der Waals surface area contributed by atoms with E-state index >= 15 is 0 Å². The summed E-state index contributed by atoms with van der Waals surface area (Å²) in [5, 5.41) is 0. The van der Waals surface area contributed by atoms with Crippen molar-refractivity contribution in [3.05, 3.63) is 33.8 Å². The fourth-order valence-electron chi connectivity index (χ4n) is 1.15. The lowest BCUT2D eigenvalue weighted by Gasteiger charge is -2.05. The van der Waals surface area contributed by atoms with Crippen LogP contribution in [0.5, 0.6) is 0 Å². The van der Waals surface area contributed by atoms with Crippen LogP contribution in [-0.4, -0.2) is 0 Å². The van der Waals surface area contributed by atoms with Crippen LogP contribution in [0, 0.1) is 11.6 Å². The molecule has 1 aromatic rings. The van der Waals surface area contributed by atoms with Crippen LogP contribution in [0.25, 0.3) is 0 Å². The Labute approximate surface area is 85.1 Å². The standard InChI is InChI=1S/C10H11BrF2/c1-2-3-4-7-8(11)5-6-9(12)10(7)13/h5-6H,2-4H2,1H3. The quantitative estimate of drug-likeness (QED) is 0.708. The molecule has 0 radical (unpaired) electrons. The topological polar surface area (TPSA) is 0 Å². The summed E-state index contributed by atoms with van der Waals surface area (Å²) in [5.74, 6) is -1.49. The number of hydrogen-bond acceptors (Lipinski definition) is 0. The molecule has 0 aliphatic rings. The summed E-state index contributed by atoms with van der Waals surface area (Å²) in [4.78, 5) is 0. The SMILES string of the molecule is CCCCc1c(Br)ccc(F)c1F. The van der Waals surface area contributed by atoms with Crippen molar-refractivity contribution in [1.82, 2.24) is 0 Å².